The molecular formula is C18H19N3O2S. The number of piperidine rings is 1. The van der Waals surface area contributed by atoms with E-state index in [1.807, 2.05) is 30.3 Å². The first-order valence-corrected chi connectivity index (χ1v) is 8.82. The second-order valence-electron chi connectivity index (χ2n) is 5.89. The summed E-state index contributed by atoms with van der Waals surface area (Å²) in [5, 5.41) is 23.4. The molecule has 3 rings (SSSR count). The number of aliphatic hydroxyl groups is 1. The highest BCUT2D eigenvalue weighted by atomic mass is 32.1. The molecular weight excluding hydrogens is 322 g/mol. The number of benzene rings is 1. The fraction of sp³-hybridized carbons (Fsp3) is 0.333. The number of hydrogen-bond donors (Lipinski definition) is 2. The zero-order valence-corrected chi connectivity index (χ0v) is 14.1. The minimum Gasteiger partial charge on any atom is -0.393 e. The van der Waals surface area contributed by atoms with Crippen LogP contribution in [0.4, 0.5) is 5.69 Å². The Labute approximate surface area is 145 Å². The number of carbonyl (C=O) groups excluding carboxylic acids is 1. The van der Waals surface area contributed by atoms with Crippen LogP contribution in [0.3, 0.4) is 0 Å². The van der Waals surface area contributed by atoms with Crippen molar-refractivity contribution in [3.05, 3.63) is 51.7 Å². The Morgan fingerprint density at radius 1 is 1.33 bits per heavy atom. The molecule has 0 radical (unpaired) electrons. The summed E-state index contributed by atoms with van der Waals surface area (Å²) < 4.78 is 0. The number of para-hydroxylation sites is 1. The zero-order chi connectivity index (χ0) is 16.9. The van der Waals surface area contributed by atoms with Gasteiger partial charge in [-0.2, -0.15) is 5.26 Å². The number of rotatable bonds is 4. The molecule has 2 heterocycles. The van der Waals surface area contributed by atoms with E-state index in [1.165, 1.54) is 11.3 Å². The van der Waals surface area contributed by atoms with Crippen molar-refractivity contribution in [2.24, 2.45) is 0 Å². The van der Waals surface area contributed by atoms with E-state index in [2.05, 4.69) is 10.2 Å². The predicted molar refractivity (Wildman–Crippen MR) is 93.9 cm³/mol. The Kier molecular flexibility index (Phi) is 5.26. The minimum absolute atomic E-state index is 0.195. The molecule has 1 aliphatic heterocycles. The van der Waals surface area contributed by atoms with Gasteiger partial charge in [0.05, 0.1) is 11.7 Å². The third kappa shape index (κ3) is 3.82. The van der Waals surface area contributed by atoms with Crippen LogP contribution in [-0.4, -0.2) is 35.1 Å². The van der Waals surface area contributed by atoms with Crippen LogP contribution < -0.4 is 5.32 Å². The van der Waals surface area contributed by atoms with Gasteiger partial charge in [-0.3, -0.25) is 9.69 Å². The van der Waals surface area contributed by atoms with Crippen molar-refractivity contribution in [1.82, 2.24) is 4.90 Å². The van der Waals surface area contributed by atoms with Gasteiger partial charge in [0.25, 0.3) is 5.91 Å². The first-order valence-electron chi connectivity index (χ1n) is 7.94. The maximum absolute atomic E-state index is 12.4. The molecule has 0 saturated carbocycles. The van der Waals surface area contributed by atoms with Gasteiger partial charge in [-0.05, 0) is 35.9 Å². The highest BCUT2D eigenvalue weighted by molar-refractivity contribution is 7.12. The van der Waals surface area contributed by atoms with E-state index in [1.54, 1.807) is 11.4 Å². The monoisotopic (exact) mass is 341 g/mol. The maximum atomic E-state index is 12.4. The van der Waals surface area contributed by atoms with E-state index in [9.17, 15) is 9.90 Å². The Morgan fingerprint density at radius 2 is 2.08 bits per heavy atom. The van der Waals surface area contributed by atoms with E-state index in [0.717, 1.165) is 43.7 Å². The minimum atomic E-state index is -0.247. The lowest BCUT2D eigenvalue weighted by molar-refractivity contribution is 0.0793. The molecule has 1 fully saturated rings. The molecule has 1 amide bonds. The Balaban J connectivity index is 1.72. The lowest BCUT2D eigenvalue weighted by Crippen LogP contribution is -2.35. The van der Waals surface area contributed by atoms with Gasteiger partial charge in [0.15, 0.2) is 0 Å². The van der Waals surface area contributed by atoms with Crippen molar-refractivity contribution in [3.8, 4) is 6.07 Å². The lowest BCUT2D eigenvalue weighted by atomic mass is 10.1. The second kappa shape index (κ2) is 7.58. The summed E-state index contributed by atoms with van der Waals surface area (Å²) in [6.07, 6.45) is 1.38. The highest BCUT2D eigenvalue weighted by Gasteiger charge is 2.19. The fourth-order valence-electron chi connectivity index (χ4n) is 2.85. The summed E-state index contributed by atoms with van der Waals surface area (Å²) >= 11 is 1.27. The van der Waals surface area contributed by atoms with Crippen LogP contribution in [0.5, 0.6) is 0 Å². The molecule has 1 aromatic heterocycles. The maximum Gasteiger partial charge on any atom is 0.267 e. The number of thiophene rings is 1. The number of nitrogens with one attached hydrogen (secondary N) is 1. The van der Waals surface area contributed by atoms with E-state index < -0.39 is 0 Å². The summed E-state index contributed by atoms with van der Waals surface area (Å²) in [5.74, 6) is -0.247. The summed E-state index contributed by atoms with van der Waals surface area (Å²) in [6.45, 7) is 2.44. The predicted octanol–water partition coefficient (Wildman–Crippen LogP) is 2.83. The molecule has 2 N–H and O–H groups in total. The molecule has 0 aliphatic carbocycles. The molecule has 2 aromatic rings. The Hall–Kier alpha value is -2.20. The van der Waals surface area contributed by atoms with E-state index in [4.69, 9.17) is 5.26 Å². The number of nitrogens with zero attached hydrogens (tertiary/aromatic N) is 2. The number of aliphatic hydroxyl groups excluding tert-OH is 1. The molecule has 124 valence electrons. The van der Waals surface area contributed by atoms with Gasteiger partial charge < -0.3 is 10.4 Å². The quantitative estimate of drug-likeness (QED) is 0.896. The Bertz CT molecular complexity index is 758. The lowest BCUT2D eigenvalue weighted by Gasteiger charge is -2.30. The molecule has 1 saturated heterocycles. The van der Waals surface area contributed by atoms with Crippen molar-refractivity contribution >= 4 is 22.9 Å². The third-order valence-electron chi connectivity index (χ3n) is 4.21. The van der Waals surface area contributed by atoms with Gasteiger partial charge in [0.1, 0.15) is 10.9 Å². The number of carbonyl (C=O) groups is 1. The number of amides is 1. The van der Waals surface area contributed by atoms with Crippen molar-refractivity contribution in [3.63, 3.8) is 0 Å². The highest BCUT2D eigenvalue weighted by Crippen LogP contribution is 2.22. The number of hydrogen-bond acceptors (Lipinski definition) is 5. The summed E-state index contributed by atoms with van der Waals surface area (Å²) in [5.41, 5.74) is 2.21. The number of anilines is 1. The van der Waals surface area contributed by atoms with Crippen LogP contribution in [0.1, 0.15) is 33.6 Å². The third-order valence-corrected chi connectivity index (χ3v) is 5.12. The first-order chi connectivity index (χ1) is 11.7. The van der Waals surface area contributed by atoms with E-state index in [0.29, 0.717) is 10.4 Å². The van der Waals surface area contributed by atoms with Gasteiger partial charge in [-0.1, -0.05) is 18.2 Å². The van der Waals surface area contributed by atoms with Gasteiger partial charge in [-0.15, -0.1) is 11.3 Å². The Morgan fingerprint density at radius 3 is 2.83 bits per heavy atom. The molecule has 6 heteroatoms. The molecule has 0 unspecified atom stereocenters. The standard InChI is InChI=1S/C18H19N3O2S/c19-11-13-7-10-24-17(13)18(23)20-16-4-2-1-3-14(16)12-21-8-5-15(22)6-9-21/h1-4,7,10,15,22H,5-6,8-9,12H2,(H,20,23). The fourth-order valence-corrected chi connectivity index (χ4v) is 3.59. The molecule has 1 aromatic carbocycles. The number of nitriles is 1. The SMILES string of the molecule is N#Cc1ccsc1C(=O)Nc1ccccc1CN1CCC(O)CC1. The molecule has 1 aliphatic rings. The molecule has 0 bridgehead atoms. The van der Waals surface area contributed by atoms with Crippen molar-refractivity contribution in [2.75, 3.05) is 18.4 Å². The molecule has 0 spiro atoms. The van der Waals surface area contributed by atoms with Gasteiger partial charge in [0.2, 0.25) is 0 Å². The van der Waals surface area contributed by atoms with Crippen LogP contribution in [-0.2, 0) is 6.54 Å². The van der Waals surface area contributed by atoms with Crippen molar-refractivity contribution < 1.29 is 9.90 Å². The van der Waals surface area contributed by atoms with Gasteiger partial charge in [0, 0.05) is 25.3 Å². The normalized spacial score (nSPS) is 15.8. The topological polar surface area (TPSA) is 76.4 Å². The second-order valence-corrected chi connectivity index (χ2v) is 6.81. The van der Waals surface area contributed by atoms with Gasteiger partial charge >= 0.3 is 0 Å². The van der Waals surface area contributed by atoms with Crippen molar-refractivity contribution in [2.45, 2.75) is 25.5 Å². The molecule has 0 atom stereocenters. The van der Waals surface area contributed by atoms with Crippen LogP contribution >= 0.6 is 11.3 Å². The summed E-state index contributed by atoms with van der Waals surface area (Å²) in [7, 11) is 0. The van der Waals surface area contributed by atoms with E-state index in [-0.39, 0.29) is 12.0 Å². The first kappa shape index (κ1) is 16.7. The van der Waals surface area contributed by atoms with Crippen molar-refractivity contribution in [1.29, 1.82) is 5.26 Å². The molecule has 24 heavy (non-hydrogen) atoms. The van der Waals surface area contributed by atoms with E-state index >= 15 is 0 Å². The van der Waals surface area contributed by atoms with Crippen LogP contribution in [0.15, 0.2) is 35.7 Å². The average Bonchev–Trinajstić information content (AvgIpc) is 3.07. The zero-order valence-electron chi connectivity index (χ0n) is 13.2. The summed E-state index contributed by atoms with van der Waals surface area (Å²) in [6, 6.07) is 11.4. The summed E-state index contributed by atoms with van der Waals surface area (Å²) in [4.78, 5) is 15.2. The van der Waals surface area contributed by atoms with Crippen LogP contribution in [0, 0.1) is 11.3 Å². The molecule has 5 nitrogen and oxygen atoms in total. The average molecular weight is 341 g/mol. The largest absolute Gasteiger partial charge is 0.393 e. The van der Waals surface area contributed by atoms with Crippen LogP contribution in [0.2, 0.25) is 0 Å². The number of likely N-dealkylation sites (tertiary alicyclic amines) is 1. The van der Waals surface area contributed by atoms with Crippen LogP contribution in [0.25, 0.3) is 0 Å². The van der Waals surface area contributed by atoms with Gasteiger partial charge in [-0.25, -0.2) is 0 Å². The smallest absolute Gasteiger partial charge is 0.267 e.